The zero-order valence-electron chi connectivity index (χ0n) is 48.6. The van der Waals surface area contributed by atoms with Crippen LogP contribution in [0.5, 0.6) is 0 Å². The molecule has 0 N–H and O–H groups in total. The third-order valence-electron chi connectivity index (χ3n) is 17.8. The van der Waals surface area contributed by atoms with Gasteiger partial charge in [0.15, 0.2) is 0 Å². The van der Waals surface area contributed by atoms with Gasteiger partial charge in [0.25, 0.3) is 0 Å². The van der Waals surface area contributed by atoms with Crippen molar-refractivity contribution < 1.29 is 0 Å². The molecule has 0 atom stereocenters. The lowest BCUT2D eigenvalue weighted by atomic mass is 10.00. The summed E-state index contributed by atoms with van der Waals surface area (Å²) in [5, 5.41) is 11.6. The summed E-state index contributed by atoms with van der Waals surface area (Å²) in [6, 6.07) is 111. The Morgan fingerprint density at radius 2 is 0.544 bits per heavy atom. The van der Waals surface area contributed by atoms with Crippen molar-refractivity contribution in [3.63, 3.8) is 0 Å². The van der Waals surface area contributed by atoms with Gasteiger partial charge in [0.2, 0.25) is 11.9 Å². The second-order valence-corrected chi connectivity index (χ2v) is 22.9. The Morgan fingerprint density at radius 3 is 1.01 bits per heavy atom. The molecule has 0 fully saturated rings. The van der Waals surface area contributed by atoms with E-state index in [0.29, 0.717) is 11.9 Å². The maximum absolute atomic E-state index is 5.45. The van der Waals surface area contributed by atoms with Crippen molar-refractivity contribution in [3.05, 3.63) is 315 Å². The number of rotatable bonds is 7. The van der Waals surface area contributed by atoms with Crippen LogP contribution in [0, 0.1) is 0 Å². The number of para-hydroxylation sites is 8. The van der Waals surface area contributed by atoms with Gasteiger partial charge >= 0.3 is 0 Å². The molecule has 0 radical (unpaired) electrons. The zero-order valence-corrected chi connectivity index (χ0v) is 48.6. The molecule has 6 heterocycles. The highest BCUT2D eigenvalue weighted by molar-refractivity contribution is 6.27. The Hall–Kier alpha value is -12.3. The standard InChI is InChI=1S/C44H28N4.C38H24N4/c1-3-14-29(15-4-1)30-16-13-17-31(28-30)42-35-21-7-10-23-37(35)45-44(46-42)48-38-24-11-8-20-33(38)34-26-27-40-41(43(34)48)36-22-9-12-25-39(36)47(40)32-18-5-2-6-19-32;1-3-13-25(14-4-1)36-29-18-7-10-20-31(29)39-38(40-36)42-32-21-11-8-17-27(32)28-23-24-34-35(37(28)42)30-19-9-12-22-33(30)41(34)26-15-5-2-6-16-26/h1-28H;1-24H. The molecule has 420 valence electrons. The molecule has 0 unspecified atom stereocenters. The van der Waals surface area contributed by atoms with Crippen molar-refractivity contribution in [2.45, 2.75) is 0 Å². The zero-order chi connectivity index (χ0) is 59.2. The van der Waals surface area contributed by atoms with Gasteiger partial charge in [-0.3, -0.25) is 9.13 Å². The van der Waals surface area contributed by atoms with E-state index in [0.717, 1.165) is 94.4 Å². The fraction of sp³-hybridized carbons (Fsp3) is 0. The van der Waals surface area contributed by atoms with Crippen molar-refractivity contribution in [2.24, 2.45) is 0 Å². The van der Waals surface area contributed by atoms with Crippen LogP contribution >= 0.6 is 0 Å². The Kier molecular flexibility index (Phi) is 11.7. The Labute approximate surface area is 516 Å². The summed E-state index contributed by atoms with van der Waals surface area (Å²) in [6.07, 6.45) is 0. The Bertz CT molecular complexity index is 6020. The van der Waals surface area contributed by atoms with Crippen molar-refractivity contribution in [3.8, 4) is 56.9 Å². The van der Waals surface area contributed by atoms with Gasteiger partial charge in [-0.2, -0.15) is 0 Å². The van der Waals surface area contributed by atoms with Crippen LogP contribution in [0.25, 0.3) is 166 Å². The highest BCUT2D eigenvalue weighted by atomic mass is 15.2. The molecular weight excluding hydrogens is 1100 g/mol. The van der Waals surface area contributed by atoms with Gasteiger partial charge in [-0.05, 0) is 90.0 Å². The minimum Gasteiger partial charge on any atom is -0.309 e. The SMILES string of the molecule is c1ccc(-c2cccc(-c3nc(-n4c5ccccc5c5ccc6c(c7ccccc7n6-c6ccccc6)c54)nc4ccccc34)c2)cc1.c1ccc(-c2nc(-n3c4ccccc4c4ccc5c(c6ccccc6n5-c5ccccc5)c43)nc3ccccc23)cc1. The van der Waals surface area contributed by atoms with Crippen LogP contribution in [-0.2, 0) is 0 Å². The maximum atomic E-state index is 5.45. The quantitative estimate of drug-likeness (QED) is 0.159. The van der Waals surface area contributed by atoms with Crippen molar-refractivity contribution in [1.82, 2.24) is 38.2 Å². The summed E-state index contributed by atoms with van der Waals surface area (Å²) >= 11 is 0. The van der Waals surface area contributed by atoms with Crippen molar-refractivity contribution >= 4 is 109 Å². The van der Waals surface area contributed by atoms with E-state index < -0.39 is 0 Å². The van der Waals surface area contributed by atoms with E-state index in [-0.39, 0.29) is 0 Å². The van der Waals surface area contributed by atoms with E-state index in [1.807, 2.05) is 12.1 Å². The fourth-order valence-electron chi connectivity index (χ4n) is 14.0. The summed E-state index contributed by atoms with van der Waals surface area (Å²) in [5.74, 6) is 1.33. The minimum atomic E-state index is 0.657. The number of hydrogen-bond acceptors (Lipinski definition) is 4. The minimum absolute atomic E-state index is 0.657. The van der Waals surface area contributed by atoms with Crippen molar-refractivity contribution in [2.75, 3.05) is 0 Å². The predicted molar refractivity (Wildman–Crippen MR) is 373 cm³/mol. The molecule has 0 amide bonds. The molecule has 0 aliphatic heterocycles. The first-order valence-electron chi connectivity index (χ1n) is 30.5. The van der Waals surface area contributed by atoms with E-state index >= 15 is 0 Å². The molecule has 0 aliphatic carbocycles. The van der Waals surface area contributed by atoms with Crippen LogP contribution in [0.4, 0.5) is 0 Å². The number of aromatic nitrogens is 8. The summed E-state index contributed by atoms with van der Waals surface area (Å²) in [4.78, 5) is 21.2. The molecule has 90 heavy (non-hydrogen) atoms. The third kappa shape index (κ3) is 8.02. The second kappa shape index (κ2) is 20.7. The smallest absolute Gasteiger partial charge is 0.235 e. The normalized spacial score (nSPS) is 11.8. The molecule has 0 bridgehead atoms. The third-order valence-corrected chi connectivity index (χ3v) is 17.8. The van der Waals surface area contributed by atoms with Crippen LogP contribution in [-0.4, -0.2) is 38.2 Å². The van der Waals surface area contributed by atoms with Gasteiger partial charge in [0, 0.05) is 76.4 Å². The topological polar surface area (TPSA) is 71.3 Å². The van der Waals surface area contributed by atoms with E-state index in [1.54, 1.807) is 0 Å². The average Bonchev–Trinajstić information content (AvgIpc) is 1.57. The lowest BCUT2D eigenvalue weighted by Gasteiger charge is -2.13. The van der Waals surface area contributed by atoms with E-state index in [9.17, 15) is 0 Å². The number of benzene rings is 13. The van der Waals surface area contributed by atoms with Crippen LogP contribution < -0.4 is 0 Å². The van der Waals surface area contributed by atoms with Gasteiger partial charge in [0.05, 0.1) is 66.6 Å². The number of fused-ring (bicyclic) bond motifs is 16. The summed E-state index contributed by atoms with van der Waals surface area (Å²) in [7, 11) is 0. The molecule has 6 aromatic heterocycles. The highest BCUT2D eigenvalue weighted by Crippen LogP contribution is 2.45. The van der Waals surface area contributed by atoms with Gasteiger partial charge in [-0.25, -0.2) is 19.9 Å². The molecular formula is C82H52N8. The lowest BCUT2D eigenvalue weighted by molar-refractivity contribution is 1.02. The van der Waals surface area contributed by atoms with Crippen LogP contribution in [0.3, 0.4) is 0 Å². The molecule has 0 spiro atoms. The largest absolute Gasteiger partial charge is 0.309 e. The molecule has 8 heteroatoms. The summed E-state index contributed by atoms with van der Waals surface area (Å²) in [5.41, 5.74) is 19.5. The monoisotopic (exact) mass is 1150 g/mol. The number of hydrogen-bond donors (Lipinski definition) is 0. The summed E-state index contributed by atoms with van der Waals surface area (Å²) in [6.45, 7) is 0. The van der Waals surface area contributed by atoms with Crippen LogP contribution in [0.2, 0.25) is 0 Å². The molecule has 0 aliphatic rings. The van der Waals surface area contributed by atoms with E-state index in [1.165, 1.54) is 59.7 Å². The van der Waals surface area contributed by atoms with Gasteiger partial charge in [-0.15, -0.1) is 0 Å². The summed E-state index contributed by atoms with van der Waals surface area (Å²) < 4.78 is 9.29. The molecule has 19 aromatic rings. The molecule has 19 rings (SSSR count). The first kappa shape index (κ1) is 51.0. The lowest BCUT2D eigenvalue weighted by Crippen LogP contribution is -2.03. The van der Waals surface area contributed by atoms with Gasteiger partial charge in [-0.1, -0.05) is 237 Å². The predicted octanol–water partition coefficient (Wildman–Crippen LogP) is 20.6. The van der Waals surface area contributed by atoms with Gasteiger partial charge < -0.3 is 9.13 Å². The van der Waals surface area contributed by atoms with Crippen LogP contribution in [0.1, 0.15) is 0 Å². The molecule has 8 nitrogen and oxygen atoms in total. The Balaban J connectivity index is 0.000000135. The van der Waals surface area contributed by atoms with Crippen molar-refractivity contribution in [1.29, 1.82) is 0 Å². The molecule has 13 aromatic carbocycles. The van der Waals surface area contributed by atoms with E-state index in [4.69, 9.17) is 19.9 Å². The highest BCUT2D eigenvalue weighted by Gasteiger charge is 2.25. The fourth-order valence-corrected chi connectivity index (χ4v) is 14.0. The maximum Gasteiger partial charge on any atom is 0.235 e. The second-order valence-electron chi connectivity index (χ2n) is 22.9. The van der Waals surface area contributed by atoms with E-state index in [2.05, 4.69) is 322 Å². The first-order valence-corrected chi connectivity index (χ1v) is 30.5. The molecule has 0 saturated heterocycles. The first-order chi connectivity index (χ1) is 44.7. The molecule has 0 saturated carbocycles. The van der Waals surface area contributed by atoms with Gasteiger partial charge in [0.1, 0.15) is 0 Å². The Morgan fingerprint density at radius 1 is 0.200 bits per heavy atom. The number of nitrogens with zero attached hydrogens (tertiary/aromatic N) is 8. The van der Waals surface area contributed by atoms with Crippen LogP contribution in [0.15, 0.2) is 315 Å². The average molecular weight is 1150 g/mol.